The van der Waals surface area contributed by atoms with Crippen LogP contribution in [0.2, 0.25) is 0 Å². The van der Waals surface area contributed by atoms with E-state index in [-0.39, 0.29) is 0 Å². The number of carbonyl (C=O) groups is 1. The van der Waals surface area contributed by atoms with Crippen LogP contribution in [-0.2, 0) is 4.79 Å². The summed E-state index contributed by atoms with van der Waals surface area (Å²) in [6.07, 6.45) is 3.30. The average molecular weight is 165 g/mol. The molecule has 1 aliphatic heterocycles. The van der Waals surface area contributed by atoms with E-state index in [1.807, 2.05) is 17.0 Å². The third-order valence-electron chi connectivity index (χ3n) is 2.07. The van der Waals surface area contributed by atoms with Crippen molar-refractivity contribution >= 4 is 11.7 Å². The van der Waals surface area contributed by atoms with Crippen molar-refractivity contribution in [3.63, 3.8) is 0 Å². The lowest BCUT2D eigenvalue weighted by atomic mass is 10.1. The van der Waals surface area contributed by atoms with E-state index >= 15 is 0 Å². The van der Waals surface area contributed by atoms with Crippen LogP contribution in [0.25, 0.3) is 0 Å². The topological polar surface area (TPSA) is 33.5 Å². The van der Waals surface area contributed by atoms with E-state index in [9.17, 15) is 4.79 Å². The molecule has 1 fully saturated rings. The maximum absolute atomic E-state index is 11.1. The van der Waals surface area contributed by atoms with Crippen LogP contribution in [0.15, 0.2) is 22.8 Å². The maximum Gasteiger partial charge on any atom is 0.195 e. The number of hydrogen-bond donors (Lipinski definition) is 0. The molecule has 0 spiro atoms. The molecule has 0 bridgehead atoms. The van der Waals surface area contributed by atoms with Gasteiger partial charge in [-0.2, -0.15) is 0 Å². The van der Waals surface area contributed by atoms with Gasteiger partial charge in [-0.1, -0.05) is 0 Å². The van der Waals surface area contributed by atoms with E-state index in [0.717, 1.165) is 25.3 Å². The highest BCUT2D eigenvalue weighted by Gasteiger charge is 2.18. The Kier molecular flexibility index (Phi) is 1.86. The van der Waals surface area contributed by atoms with E-state index in [2.05, 4.69) is 0 Å². The molecule has 0 unspecified atom stereocenters. The Morgan fingerprint density at radius 2 is 2.42 bits per heavy atom. The first-order valence-corrected chi connectivity index (χ1v) is 4.16. The van der Waals surface area contributed by atoms with Gasteiger partial charge in [-0.25, -0.2) is 0 Å². The number of nitrogens with zero attached hydrogens (tertiary/aromatic N) is 1. The summed E-state index contributed by atoms with van der Waals surface area (Å²) < 4.78 is 5.20. The minimum Gasteiger partial charge on any atom is -0.449 e. The zero-order valence-electron chi connectivity index (χ0n) is 6.82. The number of rotatable bonds is 1. The van der Waals surface area contributed by atoms with Crippen LogP contribution in [0.5, 0.6) is 0 Å². The third-order valence-corrected chi connectivity index (χ3v) is 2.07. The van der Waals surface area contributed by atoms with Crippen molar-refractivity contribution in [1.29, 1.82) is 0 Å². The van der Waals surface area contributed by atoms with Crippen LogP contribution in [0, 0.1) is 0 Å². The smallest absolute Gasteiger partial charge is 0.195 e. The van der Waals surface area contributed by atoms with Crippen LogP contribution >= 0.6 is 0 Å². The van der Waals surface area contributed by atoms with Crippen molar-refractivity contribution in [3.05, 3.63) is 18.4 Å². The van der Waals surface area contributed by atoms with Gasteiger partial charge in [-0.05, 0) is 12.5 Å². The van der Waals surface area contributed by atoms with Gasteiger partial charge in [0.1, 0.15) is 0 Å². The SMILES string of the molecule is O=C1CCCN(c2ccco2)C1. The minimum atomic E-state index is 0.303. The molecule has 0 N–H and O–H groups in total. The molecule has 0 atom stereocenters. The third kappa shape index (κ3) is 1.35. The summed E-state index contributed by atoms with van der Waals surface area (Å²) in [5.74, 6) is 1.11. The van der Waals surface area contributed by atoms with Crippen LogP contribution in [-0.4, -0.2) is 18.9 Å². The monoisotopic (exact) mass is 165 g/mol. The summed E-state index contributed by atoms with van der Waals surface area (Å²) in [7, 11) is 0. The number of carbonyl (C=O) groups excluding carboxylic acids is 1. The summed E-state index contributed by atoms with van der Waals surface area (Å²) in [5.41, 5.74) is 0. The first-order valence-electron chi connectivity index (χ1n) is 4.16. The molecule has 2 rings (SSSR count). The van der Waals surface area contributed by atoms with Crippen molar-refractivity contribution in [2.75, 3.05) is 18.0 Å². The van der Waals surface area contributed by atoms with E-state index in [4.69, 9.17) is 4.42 Å². The highest BCUT2D eigenvalue weighted by molar-refractivity contribution is 5.84. The van der Waals surface area contributed by atoms with Crippen LogP contribution < -0.4 is 4.90 Å². The van der Waals surface area contributed by atoms with Gasteiger partial charge >= 0.3 is 0 Å². The Morgan fingerprint density at radius 3 is 3.08 bits per heavy atom. The molecule has 1 aliphatic rings. The minimum absolute atomic E-state index is 0.303. The molecule has 1 aromatic rings. The zero-order chi connectivity index (χ0) is 8.39. The van der Waals surface area contributed by atoms with E-state index < -0.39 is 0 Å². The Morgan fingerprint density at radius 1 is 1.50 bits per heavy atom. The van der Waals surface area contributed by atoms with E-state index in [1.54, 1.807) is 6.26 Å². The van der Waals surface area contributed by atoms with E-state index in [0.29, 0.717) is 12.3 Å². The fraction of sp³-hybridized carbons (Fsp3) is 0.444. The van der Waals surface area contributed by atoms with Gasteiger partial charge in [0.05, 0.1) is 12.8 Å². The molecule has 12 heavy (non-hydrogen) atoms. The first-order chi connectivity index (χ1) is 5.86. The highest BCUT2D eigenvalue weighted by Crippen LogP contribution is 2.17. The molecular formula is C9H11NO2. The Bertz CT molecular complexity index is 266. The summed E-state index contributed by atoms with van der Waals surface area (Å²) in [6.45, 7) is 1.44. The fourth-order valence-corrected chi connectivity index (χ4v) is 1.48. The molecule has 3 heteroatoms. The Labute approximate surface area is 71.0 Å². The standard InChI is InChI=1S/C9H11NO2/c11-8-3-1-5-10(7-8)9-4-2-6-12-9/h2,4,6H,1,3,5,7H2. The van der Waals surface area contributed by atoms with Gasteiger partial charge in [0.25, 0.3) is 0 Å². The second kappa shape index (κ2) is 3.01. The van der Waals surface area contributed by atoms with Gasteiger partial charge in [-0.3, -0.25) is 4.79 Å². The number of hydrogen-bond acceptors (Lipinski definition) is 3. The normalized spacial score (nSPS) is 18.3. The summed E-state index contributed by atoms with van der Waals surface area (Å²) in [5, 5.41) is 0. The highest BCUT2D eigenvalue weighted by atomic mass is 16.3. The molecule has 1 aromatic heterocycles. The molecule has 64 valence electrons. The molecule has 0 aromatic carbocycles. The average Bonchev–Trinajstić information content (AvgIpc) is 2.56. The van der Waals surface area contributed by atoms with Crippen LogP contribution in [0.4, 0.5) is 5.88 Å². The number of anilines is 1. The van der Waals surface area contributed by atoms with Crippen molar-refractivity contribution in [1.82, 2.24) is 0 Å². The Hall–Kier alpha value is -1.25. The number of ketones is 1. The van der Waals surface area contributed by atoms with Gasteiger partial charge < -0.3 is 9.32 Å². The van der Waals surface area contributed by atoms with Crippen molar-refractivity contribution in [2.24, 2.45) is 0 Å². The maximum atomic E-state index is 11.1. The number of furan rings is 1. The van der Waals surface area contributed by atoms with Crippen LogP contribution in [0.1, 0.15) is 12.8 Å². The largest absolute Gasteiger partial charge is 0.449 e. The van der Waals surface area contributed by atoms with Crippen LogP contribution in [0.3, 0.4) is 0 Å². The second-order valence-corrected chi connectivity index (χ2v) is 3.02. The van der Waals surface area contributed by atoms with Gasteiger partial charge in [0.15, 0.2) is 11.7 Å². The second-order valence-electron chi connectivity index (χ2n) is 3.02. The molecule has 0 saturated carbocycles. The predicted molar refractivity (Wildman–Crippen MR) is 45.2 cm³/mol. The summed E-state index contributed by atoms with van der Waals surface area (Å²) in [6, 6.07) is 3.73. The molecule has 0 radical (unpaired) electrons. The van der Waals surface area contributed by atoms with E-state index in [1.165, 1.54) is 0 Å². The molecule has 1 saturated heterocycles. The quantitative estimate of drug-likeness (QED) is 0.631. The fourth-order valence-electron chi connectivity index (χ4n) is 1.48. The lowest BCUT2D eigenvalue weighted by Crippen LogP contribution is -2.35. The zero-order valence-corrected chi connectivity index (χ0v) is 6.82. The van der Waals surface area contributed by atoms with Crippen molar-refractivity contribution in [3.8, 4) is 0 Å². The molecule has 0 aliphatic carbocycles. The number of Topliss-reactive ketones (excluding diaryl/α,β-unsaturated/α-hetero) is 1. The summed E-state index contributed by atoms with van der Waals surface area (Å²) in [4.78, 5) is 13.1. The van der Waals surface area contributed by atoms with Gasteiger partial charge in [0.2, 0.25) is 0 Å². The van der Waals surface area contributed by atoms with Gasteiger partial charge in [-0.15, -0.1) is 0 Å². The first kappa shape index (κ1) is 7.40. The van der Waals surface area contributed by atoms with Crippen molar-refractivity contribution < 1.29 is 9.21 Å². The lowest BCUT2D eigenvalue weighted by molar-refractivity contribution is -0.118. The van der Waals surface area contributed by atoms with Gasteiger partial charge in [0, 0.05) is 19.0 Å². The molecule has 2 heterocycles. The Balaban J connectivity index is 2.09. The molecule has 0 amide bonds. The predicted octanol–water partition coefficient (Wildman–Crippen LogP) is 1.45. The molecular weight excluding hydrogens is 154 g/mol. The lowest BCUT2D eigenvalue weighted by Gasteiger charge is -2.24. The molecule has 3 nitrogen and oxygen atoms in total. The number of piperidine rings is 1. The van der Waals surface area contributed by atoms with Crippen molar-refractivity contribution in [2.45, 2.75) is 12.8 Å². The summed E-state index contributed by atoms with van der Waals surface area (Å²) >= 11 is 0.